The normalized spacial score (nSPS) is 16.0. The van der Waals surface area contributed by atoms with Crippen LogP contribution in [-0.4, -0.2) is 0 Å². The molecule has 0 N–H and O–H groups in total. The Labute approximate surface area is 45.8 Å². The summed E-state index contributed by atoms with van der Waals surface area (Å²) >= 11 is 0. The maximum atomic E-state index is 1.61. The molecule has 1 aromatic rings. The first-order valence-electron chi connectivity index (χ1n) is 1.20. The van der Waals surface area contributed by atoms with Crippen LogP contribution in [0.1, 0.15) is 0 Å². The molecule has 0 bridgehead atoms. The first-order valence-corrected chi connectivity index (χ1v) is 10.8. The first kappa shape index (κ1) is 5.93. The van der Waals surface area contributed by atoms with E-state index in [1.807, 2.05) is 0 Å². The minimum absolute atomic E-state index is 1.61. The van der Waals surface area contributed by atoms with Crippen LogP contribution in [0.25, 0.3) is 0 Å². The summed E-state index contributed by atoms with van der Waals surface area (Å²) in [6, 6.07) is 0. The van der Waals surface area contributed by atoms with Crippen LogP contribution in [0, 0.1) is 0 Å². The third kappa shape index (κ3) is 2.20. The van der Waals surface area contributed by atoms with Crippen LogP contribution < -0.4 is 0 Å². The van der Waals surface area contributed by atoms with Crippen molar-refractivity contribution >= 4 is 45.3 Å². The highest BCUT2D eigenvalue weighted by atomic mass is 32.6. The van der Waals surface area contributed by atoms with Crippen molar-refractivity contribution < 1.29 is 0 Å². The number of rotatable bonds is 0. The van der Waals surface area contributed by atoms with Gasteiger partial charge in [0.2, 0.25) is 0 Å². The molecule has 6 heteroatoms. The number of hydrogen-bond acceptors (Lipinski definition) is 0. The summed E-state index contributed by atoms with van der Waals surface area (Å²) in [5, 5.41) is 0. The zero-order valence-corrected chi connectivity index (χ0v) is 8.05. The molecule has 0 amide bonds. The Morgan fingerprint density at radius 2 is 0.500 bits per heavy atom. The molecule has 1 rings (SSSR count). The Hall–Kier alpha value is 1.80. The van der Waals surface area contributed by atoms with Crippen LogP contribution in [0.2, 0.25) is 0 Å². The van der Waals surface area contributed by atoms with E-state index >= 15 is 0 Å². The van der Waals surface area contributed by atoms with Gasteiger partial charge in [0.25, 0.3) is 0 Å². The fraction of sp³-hybridized carbons (Fsp3) is 0. The summed E-state index contributed by atoms with van der Waals surface area (Å²) in [5.41, 5.74) is 0. The Morgan fingerprint density at radius 3 is 0.667 bits per heavy atom. The van der Waals surface area contributed by atoms with E-state index in [1.54, 1.807) is 45.3 Å². The average molecular weight is 186 g/mol. The van der Waals surface area contributed by atoms with E-state index in [0.717, 1.165) is 0 Å². The molecule has 0 unspecified atom stereocenters. The molecular weight excluding hydrogens is 186 g/mol. The Bertz CT molecular complexity index is 72.0. The molecule has 0 aliphatic carbocycles. The van der Waals surface area contributed by atoms with Crippen molar-refractivity contribution in [1.82, 2.24) is 0 Å². The highest BCUT2D eigenvalue weighted by Crippen LogP contribution is 2.50. The van der Waals surface area contributed by atoms with Crippen molar-refractivity contribution in [1.29, 1.82) is 0 Å². The molecule has 1 heterocycles. The van der Waals surface area contributed by atoms with Gasteiger partial charge in [-0.05, 0) is 0 Å². The second-order valence-corrected chi connectivity index (χ2v) is 14.5. The zero-order valence-electron chi connectivity index (χ0n) is 2.68. The number of hydrogen-bond donors (Lipinski definition) is 0. The molecule has 0 aliphatic heterocycles. The summed E-state index contributed by atoms with van der Waals surface area (Å²) in [4.78, 5) is 0. The summed E-state index contributed by atoms with van der Waals surface area (Å²) in [6.07, 6.45) is 0. The molecule has 30 valence electrons. The fourth-order valence-electron chi connectivity index (χ4n) is 0.107. The van der Waals surface area contributed by atoms with Gasteiger partial charge in [-0.3, -0.25) is 0 Å². The van der Waals surface area contributed by atoms with Crippen molar-refractivity contribution in [3.63, 3.8) is 0 Å². The average Bonchev–Trinajstić information content (AvgIpc) is 1.72. The van der Waals surface area contributed by atoms with Gasteiger partial charge in [-0.2, -0.15) is 0 Å². The van der Waals surface area contributed by atoms with Gasteiger partial charge in [0.1, 0.15) is 0 Å². The SMILES string of the molecule is p1ppppp1. The van der Waals surface area contributed by atoms with Crippen molar-refractivity contribution in [3.8, 4) is 0 Å². The smallest absolute Gasteiger partial charge is 0 e. The summed E-state index contributed by atoms with van der Waals surface area (Å²) < 4.78 is 0. The lowest BCUT2D eigenvalue weighted by Gasteiger charge is -1.63. The van der Waals surface area contributed by atoms with Crippen molar-refractivity contribution in [3.05, 3.63) is 0 Å². The van der Waals surface area contributed by atoms with E-state index < -0.39 is 0 Å². The molecule has 0 saturated carbocycles. The van der Waals surface area contributed by atoms with Gasteiger partial charge < -0.3 is 0 Å². The van der Waals surface area contributed by atoms with Crippen LogP contribution in [0.3, 0.4) is 0 Å². The van der Waals surface area contributed by atoms with Crippen LogP contribution >= 0.6 is 45.3 Å². The molecule has 6 heavy (non-hydrogen) atoms. The third-order valence-corrected chi connectivity index (χ3v) is 19.4. The molecule has 0 atom stereocenters. The lowest BCUT2D eigenvalue weighted by atomic mass is 29.3. The molecular formula is P6. The Balaban J connectivity index is 3.00. The molecule has 0 saturated heterocycles. The van der Waals surface area contributed by atoms with Gasteiger partial charge in [0.05, 0.1) is 0 Å². The molecule has 0 aromatic carbocycles. The molecule has 0 radical (unpaired) electrons. The topological polar surface area (TPSA) is 0 Å². The maximum Gasteiger partial charge on any atom is 0 e. The fourth-order valence-corrected chi connectivity index (χ4v) is 26.1. The Kier molecular flexibility index (Phi) is 3.71. The van der Waals surface area contributed by atoms with Gasteiger partial charge in [0, 0.05) is 45.3 Å². The predicted octanol–water partition coefficient (Wildman–Crippen LogP) is 5.17. The van der Waals surface area contributed by atoms with E-state index in [-0.39, 0.29) is 0 Å². The van der Waals surface area contributed by atoms with E-state index in [2.05, 4.69) is 0 Å². The van der Waals surface area contributed by atoms with Gasteiger partial charge in [0.15, 0.2) is 0 Å². The van der Waals surface area contributed by atoms with E-state index in [4.69, 9.17) is 0 Å². The summed E-state index contributed by atoms with van der Waals surface area (Å²) in [5.74, 6) is 0. The summed E-state index contributed by atoms with van der Waals surface area (Å²) in [6.45, 7) is 0. The van der Waals surface area contributed by atoms with Gasteiger partial charge in [-0.1, -0.05) is 0 Å². The minimum Gasteiger partial charge on any atom is 0 e. The van der Waals surface area contributed by atoms with Crippen LogP contribution in [0.4, 0.5) is 0 Å². The molecule has 0 spiro atoms. The minimum atomic E-state index is 1.61. The van der Waals surface area contributed by atoms with Gasteiger partial charge in [-0.15, -0.1) is 0 Å². The van der Waals surface area contributed by atoms with E-state index in [9.17, 15) is 0 Å². The third-order valence-electron chi connectivity index (χ3n) is 0.240. The van der Waals surface area contributed by atoms with Gasteiger partial charge in [-0.25, -0.2) is 0 Å². The zero-order chi connectivity index (χ0) is 4.24. The van der Waals surface area contributed by atoms with Crippen molar-refractivity contribution in [2.24, 2.45) is 0 Å². The van der Waals surface area contributed by atoms with Crippen LogP contribution in [0.15, 0.2) is 0 Å². The van der Waals surface area contributed by atoms with Crippen LogP contribution in [-0.2, 0) is 0 Å². The largest absolute Gasteiger partial charge is 0 e. The second kappa shape index (κ2) is 3.76. The van der Waals surface area contributed by atoms with Crippen molar-refractivity contribution in [2.75, 3.05) is 0 Å². The second-order valence-electron chi connectivity index (χ2n) is 0.537. The Morgan fingerprint density at radius 1 is 0.333 bits per heavy atom. The molecule has 0 aliphatic rings. The molecule has 1 aromatic heterocycles. The van der Waals surface area contributed by atoms with Crippen LogP contribution in [0.5, 0.6) is 0 Å². The summed E-state index contributed by atoms with van der Waals surface area (Å²) in [7, 11) is 9.67. The highest BCUT2D eigenvalue weighted by molar-refractivity contribution is 8.56. The molecule has 0 nitrogen and oxygen atoms in total. The highest BCUT2D eigenvalue weighted by Gasteiger charge is 1.64. The quantitative estimate of drug-likeness (QED) is 0.524. The standard InChI is InChI=1S/P6/c1-2-4-6-5-3-1. The van der Waals surface area contributed by atoms with Gasteiger partial charge >= 0.3 is 0 Å². The van der Waals surface area contributed by atoms with Crippen molar-refractivity contribution in [2.45, 2.75) is 0 Å². The lowest BCUT2D eigenvalue weighted by Crippen LogP contribution is -0.771. The first-order chi connectivity index (χ1) is 3.00. The lowest BCUT2D eigenvalue weighted by molar-refractivity contribution is 5.29. The van der Waals surface area contributed by atoms with E-state index in [0.29, 0.717) is 0 Å². The maximum absolute atomic E-state index is 1.61. The monoisotopic (exact) mass is 186 g/mol. The van der Waals surface area contributed by atoms with E-state index in [1.165, 1.54) is 0 Å². The molecule has 0 fully saturated rings. The predicted molar refractivity (Wildman–Crippen MR) is 41.5 cm³/mol.